The maximum Gasteiger partial charge on any atom is 0.142 e. The Kier molecular flexibility index (Phi) is 5.87. The third-order valence-electron chi connectivity index (χ3n) is 2.92. The van der Waals surface area contributed by atoms with E-state index in [0.29, 0.717) is 13.2 Å². The van der Waals surface area contributed by atoms with Crippen molar-refractivity contribution in [3.63, 3.8) is 0 Å². The molecule has 0 aliphatic heterocycles. The number of rotatable bonds is 8. The molecule has 2 aromatic rings. The Labute approximate surface area is 130 Å². The lowest BCUT2D eigenvalue weighted by Crippen LogP contribution is -2.02. The fourth-order valence-electron chi connectivity index (χ4n) is 1.96. The fourth-order valence-corrected chi connectivity index (χ4v) is 2.76. The molecule has 0 aliphatic carbocycles. The van der Waals surface area contributed by atoms with E-state index in [1.54, 1.807) is 11.3 Å². The number of ether oxygens (including phenoxy) is 2. The standard InChI is InChI=1S/C16H22N2O2S/c1-4-16-18-11-13(21-16)10-17-14-9-12(19-5-2)7-8-15(14)20-6-3/h7-9,11,17H,4-6,10H2,1-3H3. The summed E-state index contributed by atoms with van der Waals surface area (Å²) in [5, 5.41) is 4.58. The fraction of sp³-hybridized carbons (Fsp3) is 0.438. The molecular weight excluding hydrogens is 284 g/mol. The Balaban J connectivity index is 2.09. The van der Waals surface area contributed by atoms with Gasteiger partial charge in [0, 0.05) is 17.1 Å². The van der Waals surface area contributed by atoms with Crippen molar-refractivity contribution in [1.29, 1.82) is 0 Å². The third kappa shape index (κ3) is 4.36. The zero-order valence-corrected chi connectivity index (χ0v) is 13.6. The molecule has 1 aromatic heterocycles. The second kappa shape index (κ2) is 7.88. The lowest BCUT2D eigenvalue weighted by Gasteiger charge is -2.13. The maximum absolute atomic E-state index is 5.65. The third-order valence-corrected chi connectivity index (χ3v) is 4.06. The molecule has 0 radical (unpaired) electrons. The first-order valence-electron chi connectivity index (χ1n) is 7.33. The van der Waals surface area contributed by atoms with Crippen molar-refractivity contribution in [3.8, 4) is 11.5 Å². The summed E-state index contributed by atoms with van der Waals surface area (Å²) < 4.78 is 11.2. The molecule has 0 bridgehead atoms. The van der Waals surface area contributed by atoms with Gasteiger partial charge in [-0.15, -0.1) is 11.3 Å². The van der Waals surface area contributed by atoms with E-state index < -0.39 is 0 Å². The van der Waals surface area contributed by atoms with Crippen molar-refractivity contribution in [3.05, 3.63) is 34.3 Å². The van der Waals surface area contributed by atoms with Gasteiger partial charge < -0.3 is 14.8 Å². The molecule has 0 fully saturated rings. The highest BCUT2D eigenvalue weighted by Gasteiger charge is 2.07. The van der Waals surface area contributed by atoms with Crippen LogP contribution in [0, 0.1) is 0 Å². The molecule has 1 N–H and O–H groups in total. The van der Waals surface area contributed by atoms with Crippen LogP contribution in [0.25, 0.3) is 0 Å². The molecule has 0 saturated carbocycles. The van der Waals surface area contributed by atoms with Crippen LogP contribution in [-0.2, 0) is 13.0 Å². The molecule has 0 spiro atoms. The van der Waals surface area contributed by atoms with Crippen molar-refractivity contribution in [1.82, 2.24) is 4.98 Å². The molecule has 0 unspecified atom stereocenters. The van der Waals surface area contributed by atoms with Crippen molar-refractivity contribution < 1.29 is 9.47 Å². The van der Waals surface area contributed by atoms with Gasteiger partial charge in [-0.3, -0.25) is 0 Å². The number of nitrogens with zero attached hydrogens (tertiary/aromatic N) is 1. The summed E-state index contributed by atoms with van der Waals surface area (Å²) in [6.07, 6.45) is 2.91. The molecule has 21 heavy (non-hydrogen) atoms. The number of hydrogen-bond acceptors (Lipinski definition) is 5. The predicted octanol–water partition coefficient (Wildman–Crippen LogP) is 4.12. The number of benzene rings is 1. The van der Waals surface area contributed by atoms with Crippen LogP contribution in [0.2, 0.25) is 0 Å². The molecule has 2 rings (SSSR count). The highest BCUT2D eigenvalue weighted by atomic mass is 32.1. The molecule has 5 heteroatoms. The first-order chi connectivity index (χ1) is 10.3. The molecule has 114 valence electrons. The first-order valence-corrected chi connectivity index (χ1v) is 8.15. The van der Waals surface area contributed by atoms with Gasteiger partial charge in [-0.25, -0.2) is 4.98 Å². The smallest absolute Gasteiger partial charge is 0.142 e. The van der Waals surface area contributed by atoms with Crippen molar-refractivity contribution in [2.45, 2.75) is 33.7 Å². The molecule has 1 heterocycles. The van der Waals surface area contributed by atoms with Crippen LogP contribution < -0.4 is 14.8 Å². The molecule has 0 saturated heterocycles. The van der Waals surface area contributed by atoms with E-state index in [2.05, 4.69) is 17.2 Å². The molecule has 4 nitrogen and oxygen atoms in total. The van der Waals surface area contributed by atoms with Crippen LogP contribution >= 0.6 is 11.3 Å². The normalized spacial score (nSPS) is 10.4. The second-order valence-electron chi connectivity index (χ2n) is 4.45. The lowest BCUT2D eigenvalue weighted by atomic mass is 10.2. The second-order valence-corrected chi connectivity index (χ2v) is 5.65. The minimum Gasteiger partial charge on any atom is -0.494 e. The topological polar surface area (TPSA) is 43.4 Å². The van der Waals surface area contributed by atoms with Crippen LogP contribution in [0.15, 0.2) is 24.4 Å². The Morgan fingerprint density at radius 3 is 2.62 bits per heavy atom. The predicted molar refractivity (Wildman–Crippen MR) is 87.6 cm³/mol. The summed E-state index contributed by atoms with van der Waals surface area (Å²) in [5.41, 5.74) is 0.953. The number of nitrogens with one attached hydrogen (secondary N) is 1. The minimum absolute atomic E-state index is 0.642. The average molecular weight is 306 g/mol. The molecule has 1 aromatic carbocycles. The quantitative estimate of drug-likeness (QED) is 0.797. The molecular formula is C16H22N2O2S. The van der Waals surface area contributed by atoms with E-state index in [0.717, 1.165) is 30.2 Å². The summed E-state index contributed by atoms with van der Waals surface area (Å²) in [7, 11) is 0. The van der Waals surface area contributed by atoms with Crippen LogP contribution in [0.5, 0.6) is 11.5 Å². The van der Waals surface area contributed by atoms with Crippen molar-refractivity contribution in [2.75, 3.05) is 18.5 Å². The Morgan fingerprint density at radius 1 is 1.14 bits per heavy atom. The van der Waals surface area contributed by atoms with Gasteiger partial charge in [0.05, 0.1) is 30.5 Å². The van der Waals surface area contributed by atoms with Gasteiger partial charge in [-0.1, -0.05) is 6.92 Å². The zero-order chi connectivity index (χ0) is 15.1. The van der Waals surface area contributed by atoms with Crippen LogP contribution in [-0.4, -0.2) is 18.2 Å². The van der Waals surface area contributed by atoms with Crippen molar-refractivity contribution in [2.24, 2.45) is 0 Å². The van der Waals surface area contributed by atoms with Crippen LogP contribution in [0.1, 0.15) is 30.7 Å². The lowest BCUT2D eigenvalue weighted by molar-refractivity contribution is 0.332. The SMILES string of the molecule is CCOc1ccc(OCC)c(NCc2cnc(CC)s2)c1. The Hall–Kier alpha value is -1.75. The number of aromatic nitrogens is 1. The number of thiazole rings is 1. The highest BCUT2D eigenvalue weighted by molar-refractivity contribution is 7.11. The van der Waals surface area contributed by atoms with Gasteiger partial charge in [0.2, 0.25) is 0 Å². The Morgan fingerprint density at radius 2 is 1.95 bits per heavy atom. The largest absolute Gasteiger partial charge is 0.494 e. The molecule has 0 amide bonds. The summed E-state index contributed by atoms with van der Waals surface area (Å²) in [5.74, 6) is 1.70. The first kappa shape index (κ1) is 15.6. The summed E-state index contributed by atoms with van der Waals surface area (Å²) in [6.45, 7) is 8.12. The van der Waals surface area contributed by atoms with Gasteiger partial charge in [0.25, 0.3) is 0 Å². The van der Waals surface area contributed by atoms with E-state index in [9.17, 15) is 0 Å². The molecule has 0 aliphatic rings. The minimum atomic E-state index is 0.642. The van der Waals surface area contributed by atoms with Gasteiger partial charge in [0.1, 0.15) is 11.5 Å². The Bertz CT molecular complexity index is 569. The van der Waals surface area contributed by atoms with E-state index >= 15 is 0 Å². The molecule has 0 atom stereocenters. The number of hydrogen-bond donors (Lipinski definition) is 1. The van der Waals surface area contributed by atoms with E-state index in [4.69, 9.17) is 9.47 Å². The van der Waals surface area contributed by atoms with E-state index in [1.807, 2.05) is 38.2 Å². The zero-order valence-electron chi connectivity index (χ0n) is 12.8. The van der Waals surface area contributed by atoms with Gasteiger partial charge >= 0.3 is 0 Å². The average Bonchev–Trinajstić information content (AvgIpc) is 2.96. The highest BCUT2D eigenvalue weighted by Crippen LogP contribution is 2.30. The van der Waals surface area contributed by atoms with E-state index in [1.165, 1.54) is 9.88 Å². The van der Waals surface area contributed by atoms with Crippen LogP contribution in [0.3, 0.4) is 0 Å². The summed E-state index contributed by atoms with van der Waals surface area (Å²) in [4.78, 5) is 5.59. The number of anilines is 1. The van der Waals surface area contributed by atoms with E-state index in [-0.39, 0.29) is 0 Å². The van der Waals surface area contributed by atoms with Gasteiger partial charge in [0.15, 0.2) is 0 Å². The maximum atomic E-state index is 5.65. The number of aryl methyl sites for hydroxylation is 1. The van der Waals surface area contributed by atoms with Gasteiger partial charge in [-0.2, -0.15) is 0 Å². The summed E-state index contributed by atoms with van der Waals surface area (Å²) in [6, 6.07) is 5.86. The summed E-state index contributed by atoms with van der Waals surface area (Å²) >= 11 is 1.74. The van der Waals surface area contributed by atoms with Gasteiger partial charge in [-0.05, 0) is 32.4 Å². The van der Waals surface area contributed by atoms with Crippen LogP contribution in [0.4, 0.5) is 5.69 Å². The van der Waals surface area contributed by atoms with Crippen molar-refractivity contribution >= 4 is 17.0 Å². The monoisotopic (exact) mass is 306 g/mol.